The average Bonchev–Trinajstić information content (AvgIpc) is 3.16. The van der Waals surface area contributed by atoms with Crippen LogP contribution in [0, 0.1) is 0 Å². The Kier molecular flexibility index (Phi) is 6.03. The number of carbonyl (C=O) groups is 1. The zero-order chi connectivity index (χ0) is 20.1. The fourth-order valence-electron chi connectivity index (χ4n) is 3.87. The van der Waals surface area contributed by atoms with Crippen molar-refractivity contribution in [1.29, 1.82) is 0 Å². The lowest BCUT2D eigenvalue weighted by Gasteiger charge is -2.35. The minimum absolute atomic E-state index is 0.00613. The number of hydrogen-bond acceptors (Lipinski definition) is 4. The van der Waals surface area contributed by atoms with E-state index < -0.39 is 0 Å². The molecule has 1 unspecified atom stereocenters. The third kappa shape index (κ3) is 4.72. The summed E-state index contributed by atoms with van der Waals surface area (Å²) in [4.78, 5) is 19.6. The first-order chi connectivity index (χ1) is 14.2. The summed E-state index contributed by atoms with van der Waals surface area (Å²) in [7, 11) is 2.00. The van der Waals surface area contributed by atoms with Crippen LogP contribution in [0.25, 0.3) is 0 Å². The van der Waals surface area contributed by atoms with E-state index in [1.807, 2.05) is 60.4 Å². The number of rotatable bonds is 6. The van der Waals surface area contributed by atoms with Crippen LogP contribution in [-0.2, 0) is 18.3 Å². The number of benzene rings is 2. The van der Waals surface area contributed by atoms with Crippen LogP contribution >= 0.6 is 0 Å². The van der Waals surface area contributed by atoms with Crippen LogP contribution in [0.2, 0.25) is 0 Å². The van der Waals surface area contributed by atoms with E-state index in [9.17, 15) is 4.79 Å². The minimum atomic E-state index is 0.00613. The second kappa shape index (κ2) is 9.03. The topological polar surface area (TPSA) is 62.2 Å². The molecule has 1 aliphatic heterocycles. The molecule has 2 aromatic carbocycles. The van der Waals surface area contributed by atoms with E-state index in [1.54, 1.807) is 0 Å². The molecule has 2 N–H and O–H groups in total. The predicted molar refractivity (Wildman–Crippen MR) is 115 cm³/mol. The largest absolute Gasteiger partial charge is 0.337 e. The first kappa shape index (κ1) is 19.4. The fraction of sp³-hybridized carbons (Fsp3) is 0.304. The molecule has 6 heteroatoms. The standard InChI is InChI=1S/C23H27N5O/c1-27-13-12-25-23(27)21-16-24-11-14-28(21)17-22(29)26-20-10-6-5-9-19(20)15-18-7-3-2-4-8-18/h2-10,12-13,21,24H,11,14-17H2,1H3,(H,26,29). The summed E-state index contributed by atoms with van der Waals surface area (Å²) in [5, 5.41) is 6.54. The Morgan fingerprint density at radius 2 is 1.97 bits per heavy atom. The van der Waals surface area contributed by atoms with E-state index in [2.05, 4.69) is 38.7 Å². The Labute approximate surface area is 171 Å². The number of anilines is 1. The zero-order valence-electron chi connectivity index (χ0n) is 16.7. The normalized spacial score (nSPS) is 17.2. The van der Waals surface area contributed by atoms with Gasteiger partial charge in [-0.15, -0.1) is 0 Å². The molecule has 4 rings (SSSR count). The molecule has 1 aliphatic rings. The third-order valence-electron chi connectivity index (χ3n) is 5.39. The summed E-state index contributed by atoms with van der Waals surface area (Å²) in [5.74, 6) is 0.987. The Balaban J connectivity index is 1.45. The Morgan fingerprint density at radius 3 is 2.76 bits per heavy atom. The molecule has 3 aromatic rings. The van der Waals surface area contributed by atoms with Gasteiger partial charge in [-0.05, 0) is 23.6 Å². The maximum Gasteiger partial charge on any atom is 0.238 e. The molecule has 1 saturated heterocycles. The van der Waals surface area contributed by atoms with Crippen molar-refractivity contribution in [2.45, 2.75) is 12.5 Å². The van der Waals surface area contributed by atoms with Crippen molar-refractivity contribution >= 4 is 11.6 Å². The van der Waals surface area contributed by atoms with Gasteiger partial charge in [-0.25, -0.2) is 4.98 Å². The first-order valence-corrected chi connectivity index (χ1v) is 10.0. The number of piperazine rings is 1. The highest BCUT2D eigenvalue weighted by atomic mass is 16.2. The van der Waals surface area contributed by atoms with Crippen LogP contribution in [0.4, 0.5) is 5.69 Å². The SMILES string of the molecule is Cn1ccnc1C1CNCCN1CC(=O)Nc1ccccc1Cc1ccccc1. The highest BCUT2D eigenvalue weighted by molar-refractivity contribution is 5.93. The van der Waals surface area contributed by atoms with Crippen molar-refractivity contribution in [3.63, 3.8) is 0 Å². The fourth-order valence-corrected chi connectivity index (χ4v) is 3.87. The van der Waals surface area contributed by atoms with Crippen LogP contribution < -0.4 is 10.6 Å². The molecule has 0 saturated carbocycles. The number of hydrogen-bond donors (Lipinski definition) is 2. The van der Waals surface area contributed by atoms with Crippen molar-refractivity contribution in [2.24, 2.45) is 7.05 Å². The zero-order valence-corrected chi connectivity index (χ0v) is 16.7. The van der Waals surface area contributed by atoms with Crippen molar-refractivity contribution < 1.29 is 4.79 Å². The number of nitrogens with zero attached hydrogens (tertiary/aromatic N) is 3. The highest BCUT2D eigenvalue weighted by Crippen LogP contribution is 2.22. The van der Waals surface area contributed by atoms with Gasteiger partial charge in [-0.1, -0.05) is 48.5 Å². The quantitative estimate of drug-likeness (QED) is 0.680. The second-order valence-electron chi connectivity index (χ2n) is 7.45. The molecular weight excluding hydrogens is 362 g/mol. The van der Waals surface area contributed by atoms with Gasteiger partial charge in [0.15, 0.2) is 0 Å². The van der Waals surface area contributed by atoms with Gasteiger partial charge in [0.2, 0.25) is 5.91 Å². The van der Waals surface area contributed by atoms with Gasteiger partial charge in [0.1, 0.15) is 5.82 Å². The van der Waals surface area contributed by atoms with E-state index in [1.165, 1.54) is 5.56 Å². The van der Waals surface area contributed by atoms with E-state index in [-0.39, 0.29) is 11.9 Å². The Hall–Kier alpha value is -2.96. The van der Waals surface area contributed by atoms with E-state index in [0.717, 1.165) is 43.1 Å². The summed E-state index contributed by atoms with van der Waals surface area (Å²) >= 11 is 0. The van der Waals surface area contributed by atoms with Crippen LogP contribution in [-0.4, -0.2) is 46.5 Å². The molecule has 1 fully saturated rings. The van der Waals surface area contributed by atoms with Gasteiger partial charge < -0.3 is 15.2 Å². The van der Waals surface area contributed by atoms with Crippen LogP contribution in [0.1, 0.15) is 23.0 Å². The van der Waals surface area contributed by atoms with Crippen molar-refractivity contribution in [3.8, 4) is 0 Å². The molecule has 1 amide bonds. The molecular formula is C23H27N5O. The number of amides is 1. The third-order valence-corrected chi connectivity index (χ3v) is 5.39. The van der Waals surface area contributed by atoms with Gasteiger partial charge in [0, 0.05) is 44.8 Å². The highest BCUT2D eigenvalue weighted by Gasteiger charge is 2.28. The monoisotopic (exact) mass is 389 g/mol. The number of imidazole rings is 1. The lowest BCUT2D eigenvalue weighted by atomic mass is 10.0. The molecule has 0 radical (unpaired) electrons. The van der Waals surface area contributed by atoms with Gasteiger partial charge in [0.25, 0.3) is 0 Å². The number of carbonyl (C=O) groups excluding carboxylic acids is 1. The van der Waals surface area contributed by atoms with Gasteiger partial charge >= 0.3 is 0 Å². The minimum Gasteiger partial charge on any atom is -0.337 e. The number of nitrogens with one attached hydrogen (secondary N) is 2. The number of aromatic nitrogens is 2. The second-order valence-corrected chi connectivity index (χ2v) is 7.45. The van der Waals surface area contributed by atoms with Crippen molar-refractivity contribution in [2.75, 3.05) is 31.5 Å². The lowest BCUT2D eigenvalue weighted by molar-refractivity contribution is -0.118. The Morgan fingerprint density at radius 1 is 1.17 bits per heavy atom. The molecule has 150 valence electrons. The summed E-state index contributed by atoms with van der Waals surface area (Å²) < 4.78 is 2.03. The average molecular weight is 390 g/mol. The summed E-state index contributed by atoms with van der Waals surface area (Å²) in [6.07, 6.45) is 4.55. The van der Waals surface area contributed by atoms with E-state index in [4.69, 9.17) is 0 Å². The maximum absolute atomic E-state index is 12.9. The molecule has 0 aliphatic carbocycles. The molecule has 0 bridgehead atoms. The predicted octanol–water partition coefficient (Wildman–Crippen LogP) is 2.60. The molecule has 29 heavy (non-hydrogen) atoms. The van der Waals surface area contributed by atoms with Crippen LogP contribution in [0.5, 0.6) is 0 Å². The number of para-hydroxylation sites is 1. The van der Waals surface area contributed by atoms with Crippen LogP contribution in [0.15, 0.2) is 67.0 Å². The molecule has 1 aromatic heterocycles. The van der Waals surface area contributed by atoms with Crippen molar-refractivity contribution in [1.82, 2.24) is 19.8 Å². The van der Waals surface area contributed by atoms with Gasteiger partial charge in [0.05, 0.1) is 12.6 Å². The first-order valence-electron chi connectivity index (χ1n) is 10.0. The van der Waals surface area contributed by atoms with E-state index in [0.29, 0.717) is 6.54 Å². The molecule has 0 spiro atoms. The van der Waals surface area contributed by atoms with Gasteiger partial charge in [-0.2, -0.15) is 0 Å². The lowest BCUT2D eigenvalue weighted by Crippen LogP contribution is -2.49. The summed E-state index contributed by atoms with van der Waals surface area (Å²) in [5.41, 5.74) is 3.23. The van der Waals surface area contributed by atoms with E-state index >= 15 is 0 Å². The Bertz CT molecular complexity index is 953. The smallest absolute Gasteiger partial charge is 0.238 e. The van der Waals surface area contributed by atoms with Crippen molar-refractivity contribution in [3.05, 3.63) is 83.9 Å². The maximum atomic E-state index is 12.9. The summed E-state index contributed by atoms with van der Waals surface area (Å²) in [6, 6.07) is 18.4. The molecule has 2 heterocycles. The summed E-state index contributed by atoms with van der Waals surface area (Å²) in [6.45, 7) is 2.83. The molecule has 1 atom stereocenters. The molecule has 6 nitrogen and oxygen atoms in total. The number of aryl methyl sites for hydroxylation is 1. The van der Waals surface area contributed by atoms with Gasteiger partial charge in [-0.3, -0.25) is 9.69 Å². The van der Waals surface area contributed by atoms with Crippen LogP contribution in [0.3, 0.4) is 0 Å².